The van der Waals surface area contributed by atoms with E-state index in [2.05, 4.69) is 62.2 Å². The van der Waals surface area contributed by atoms with Crippen LogP contribution in [0.4, 0.5) is 5.69 Å². The summed E-state index contributed by atoms with van der Waals surface area (Å²) < 4.78 is 5.79. The molecule has 0 aliphatic carbocycles. The van der Waals surface area contributed by atoms with Crippen molar-refractivity contribution >= 4 is 5.69 Å². The topological polar surface area (TPSA) is 24.5 Å². The number of nitrogens with zero attached hydrogens (tertiary/aromatic N) is 1. The van der Waals surface area contributed by atoms with E-state index < -0.39 is 0 Å². The van der Waals surface area contributed by atoms with Gasteiger partial charge in [-0.3, -0.25) is 0 Å². The highest BCUT2D eigenvalue weighted by Gasteiger charge is 2.25. The largest absolute Gasteiger partial charge is 0.375 e. The zero-order chi connectivity index (χ0) is 15.2. The van der Waals surface area contributed by atoms with Gasteiger partial charge in [0.25, 0.3) is 0 Å². The molecule has 3 unspecified atom stereocenters. The van der Waals surface area contributed by atoms with Crippen LogP contribution in [0.25, 0.3) is 0 Å². The van der Waals surface area contributed by atoms with Crippen LogP contribution in [-0.4, -0.2) is 31.8 Å². The molecule has 0 aromatic heterocycles. The summed E-state index contributed by atoms with van der Waals surface area (Å²) >= 11 is 0. The lowest BCUT2D eigenvalue weighted by Gasteiger charge is -2.40. The zero-order valence-electron chi connectivity index (χ0n) is 13.9. The van der Waals surface area contributed by atoms with Crippen molar-refractivity contribution < 1.29 is 4.74 Å². The first kappa shape index (κ1) is 16.3. The quantitative estimate of drug-likeness (QED) is 0.863. The zero-order valence-corrected chi connectivity index (χ0v) is 13.9. The molecular weight excluding hydrogens is 260 g/mol. The maximum Gasteiger partial charge on any atom is 0.0723 e. The minimum Gasteiger partial charge on any atom is -0.375 e. The average molecular weight is 290 g/mol. The molecule has 1 saturated heterocycles. The molecule has 3 atom stereocenters. The monoisotopic (exact) mass is 290 g/mol. The maximum atomic E-state index is 5.79. The number of morpholine rings is 1. The molecule has 3 heteroatoms. The summed E-state index contributed by atoms with van der Waals surface area (Å²) in [5.41, 5.74) is 2.71. The summed E-state index contributed by atoms with van der Waals surface area (Å²) in [6.07, 6.45) is 2.57. The molecule has 1 aromatic rings. The van der Waals surface area contributed by atoms with Gasteiger partial charge >= 0.3 is 0 Å². The number of nitrogens with one attached hydrogen (secondary N) is 1. The van der Waals surface area contributed by atoms with Crippen molar-refractivity contribution in [3.63, 3.8) is 0 Å². The van der Waals surface area contributed by atoms with E-state index >= 15 is 0 Å². The number of benzene rings is 1. The predicted molar refractivity (Wildman–Crippen MR) is 90.0 cm³/mol. The molecule has 1 fully saturated rings. The second-order valence-corrected chi connectivity index (χ2v) is 5.97. The van der Waals surface area contributed by atoms with Crippen molar-refractivity contribution in [2.75, 3.05) is 24.6 Å². The molecule has 1 aliphatic rings. The molecule has 0 amide bonds. The van der Waals surface area contributed by atoms with Crippen LogP contribution in [0, 0.1) is 0 Å². The summed E-state index contributed by atoms with van der Waals surface area (Å²) in [4.78, 5) is 2.51. The van der Waals surface area contributed by atoms with Crippen LogP contribution in [0.2, 0.25) is 0 Å². The fourth-order valence-corrected chi connectivity index (χ4v) is 3.14. The molecule has 1 heterocycles. The minimum absolute atomic E-state index is 0.317. The van der Waals surface area contributed by atoms with Gasteiger partial charge in [-0.25, -0.2) is 0 Å². The summed E-state index contributed by atoms with van der Waals surface area (Å²) in [6.45, 7) is 11.6. The fourth-order valence-electron chi connectivity index (χ4n) is 3.14. The lowest BCUT2D eigenvalue weighted by molar-refractivity contribution is 0.0299. The molecule has 0 radical (unpaired) electrons. The number of hydrogen-bond donors (Lipinski definition) is 1. The second kappa shape index (κ2) is 7.81. The molecule has 21 heavy (non-hydrogen) atoms. The van der Waals surface area contributed by atoms with Crippen molar-refractivity contribution in [2.45, 2.75) is 58.7 Å². The van der Waals surface area contributed by atoms with Crippen LogP contribution in [0.15, 0.2) is 24.3 Å². The van der Waals surface area contributed by atoms with Crippen LogP contribution in [0.3, 0.4) is 0 Å². The van der Waals surface area contributed by atoms with Gasteiger partial charge in [-0.05, 0) is 44.0 Å². The Morgan fingerprint density at radius 1 is 1.24 bits per heavy atom. The molecule has 0 spiro atoms. The highest BCUT2D eigenvalue weighted by atomic mass is 16.5. The van der Waals surface area contributed by atoms with Gasteiger partial charge in [-0.2, -0.15) is 0 Å². The number of ether oxygens (including phenoxy) is 1. The molecule has 1 N–H and O–H groups in total. The first-order valence-electron chi connectivity index (χ1n) is 8.41. The lowest BCUT2D eigenvalue weighted by atomic mass is 10.0. The highest BCUT2D eigenvalue weighted by Crippen LogP contribution is 2.26. The second-order valence-electron chi connectivity index (χ2n) is 5.97. The Morgan fingerprint density at radius 3 is 2.52 bits per heavy atom. The lowest BCUT2D eigenvalue weighted by Crippen LogP contribution is -2.48. The Morgan fingerprint density at radius 2 is 1.95 bits per heavy atom. The molecule has 0 bridgehead atoms. The molecule has 1 aromatic carbocycles. The van der Waals surface area contributed by atoms with Crippen molar-refractivity contribution in [1.29, 1.82) is 0 Å². The van der Waals surface area contributed by atoms with Crippen molar-refractivity contribution in [3.05, 3.63) is 29.8 Å². The van der Waals surface area contributed by atoms with E-state index in [0.717, 1.165) is 32.5 Å². The standard InChI is InChI=1S/C18H30N2O/c1-5-16-13-21-14(4)12-20(16)17-10-8-15(9-11-17)18(6-2)19-7-3/h8-11,14,16,18-19H,5-7,12-13H2,1-4H3. The Hall–Kier alpha value is -1.06. The number of rotatable bonds is 6. The van der Waals surface area contributed by atoms with Crippen molar-refractivity contribution in [2.24, 2.45) is 0 Å². The minimum atomic E-state index is 0.317. The van der Waals surface area contributed by atoms with E-state index in [9.17, 15) is 0 Å². The average Bonchev–Trinajstić information content (AvgIpc) is 2.53. The molecule has 3 nitrogen and oxygen atoms in total. The Bertz CT molecular complexity index is 418. The normalized spacial score (nSPS) is 24.1. The Labute approximate surface area is 129 Å². The third kappa shape index (κ3) is 3.98. The fraction of sp³-hybridized carbons (Fsp3) is 0.667. The molecule has 1 aliphatic heterocycles. The smallest absolute Gasteiger partial charge is 0.0723 e. The highest BCUT2D eigenvalue weighted by molar-refractivity contribution is 5.49. The number of anilines is 1. The predicted octanol–water partition coefficient (Wildman–Crippen LogP) is 3.75. The SMILES string of the molecule is CCNC(CC)c1ccc(N2CC(C)OCC2CC)cc1. The van der Waals surface area contributed by atoms with E-state index in [1.807, 2.05) is 0 Å². The summed E-state index contributed by atoms with van der Waals surface area (Å²) in [5, 5.41) is 3.54. The van der Waals surface area contributed by atoms with Crippen molar-refractivity contribution in [1.82, 2.24) is 5.32 Å². The van der Waals surface area contributed by atoms with Crippen LogP contribution < -0.4 is 10.2 Å². The number of hydrogen-bond acceptors (Lipinski definition) is 3. The third-order valence-corrected chi connectivity index (χ3v) is 4.42. The molecule has 0 saturated carbocycles. The van der Waals surface area contributed by atoms with Crippen LogP contribution in [0.1, 0.15) is 52.1 Å². The first-order valence-corrected chi connectivity index (χ1v) is 8.41. The Balaban J connectivity index is 2.13. The third-order valence-electron chi connectivity index (χ3n) is 4.42. The van der Waals surface area contributed by atoms with Gasteiger partial charge in [0.15, 0.2) is 0 Å². The van der Waals surface area contributed by atoms with E-state index in [4.69, 9.17) is 4.74 Å². The summed E-state index contributed by atoms with van der Waals surface area (Å²) in [6, 6.07) is 10.1. The van der Waals surface area contributed by atoms with Gasteiger partial charge in [-0.1, -0.05) is 32.9 Å². The Kier molecular flexibility index (Phi) is 6.07. The van der Waals surface area contributed by atoms with Gasteiger partial charge in [0, 0.05) is 18.3 Å². The van der Waals surface area contributed by atoms with Crippen LogP contribution >= 0.6 is 0 Å². The molecule has 2 rings (SSSR count). The summed E-state index contributed by atoms with van der Waals surface area (Å²) in [7, 11) is 0. The van der Waals surface area contributed by atoms with E-state index in [1.54, 1.807) is 0 Å². The van der Waals surface area contributed by atoms with Gasteiger partial charge in [0.05, 0.1) is 18.8 Å². The van der Waals surface area contributed by atoms with Gasteiger partial charge < -0.3 is 15.0 Å². The van der Waals surface area contributed by atoms with Gasteiger partial charge in [0.1, 0.15) is 0 Å². The van der Waals surface area contributed by atoms with E-state index in [0.29, 0.717) is 18.2 Å². The van der Waals surface area contributed by atoms with Crippen molar-refractivity contribution in [3.8, 4) is 0 Å². The molecule has 118 valence electrons. The maximum absolute atomic E-state index is 5.79. The molecular formula is C18H30N2O. The van der Waals surface area contributed by atoms with E-state index in [1.165, 1.54) is 11.3 Å². The van der Waals surface area contributed by atoms with Gasteiger partial charge in [0.2, 0.25) is 0 Å². The summed E-state index contributed by atoms with van der Waals surface area (Å²) in [5.74, 6) is 0. The van der Waals surface area contributed by atoms with Crippen LogP contribution in [-0.2, 0) is 4.74 Å². The van der Waals surface area contributed by atoms with Gasteiger partial charge in [-0.15, -0.1) is 0 Å². The van der Waals surface area contributed by atoms with Crippen LogP contribution in [0.5, 0.6) is 0 Å². The van der Waals surface area contributed by atoms with E-state index in [-0.39, 0.29) is 0 Å². The first-order chi connectivity index (χ1) is 10.2.